The summed E-state index contributed by atoms with van der Waals surface area (Å²) in [5, 5.41) is 2.82. The van der Waals surface area contributed by atoms with E-state index in [0.29, 0.717) is 17.1 Å². The Kier molecular flexibility index (Phi) is 6.45. The predicted octanol–water partition coefficient (Wildman–Crippen LogP) is 5.87. The van der Waals surface area contributed by atoms with E-state index in [1.54, 1.807) is 51.2 Å². The lowest BCUT2D eigenvalue weighted by molar-refractivity contribution is 0.00707. The average Bonchev–Trinajstić information content (AvgIpc) is 3.34. The van der Waals surface area contributed by atoms with Gasteiger partial charge in [0.25, 0.3) is 5.91 Å². The highest BCUT2D eigenvalue weighted by Crippen LogP contribution is 2.29. The number of ether oxygens (including phenoxy) is 2. The van der Waals surface area contributed by atoms with Gasteiger partial charge in [0.05, 0.1) is 28.7 Å². The Morgan fingerprint density at radius 3 is 2.32 bits per heavy atom. The maximum atomic E-state index is 13.1. The van der Waals surface area contributed by atoms with Crippen LogP contribution in [0, 0.1) is 0 Å². The van der Waals surface area contributed by atoms with E-state index in [1.807, 2.05) is 59.4 Å². The van der Waals surface area contributed by atoms with Gasteiger partial charge in [-0.3, -0.25) is 9.78 Å². The summed E-state index contributed by atoms with van der Waals surface area (Å²) in [6.45, 7) is 5.36. The second-order valence-corrected chi connectivity index (χ2v) is 8.60. The third-order valence-corrected chi connectivity index (χ3v) is 4.73. The van der Waals surface area contributed by atoms with Crippen LogP contribution in [0.15, 0.2) is 91.5 Å². The molecule has 1 N–H and O–H groups in total. The van der Waals surface area contributed by atoms with Crippen LogP contribution in [-0.2, 0) is 4.74 Å². The third-order valence-electron chi connectivity index (χ3n) is 4.73. The Balaban J connectivity index is 1.64. The van der Waals surface area contributed by atoms with Gasteiger partial charge in [0.2, 0.25) is 0 Å². The van der Waals surface area contributed by atoms with E-state index in [1.165, 1.54) is 6.20 Å². The molecule has 0 radical (unpaired) electrons. The fourth-order valence-corrected chi connectivity index (χ4v) is 3.22. The smallest absolute Gasteiger partial charge is 0.340 e. The summed E-state index contributed by atoms with van der Waals surface area (Å²) < 4.78 is 13.3. The molecule has 7 heteroatoms. The summed E-state index contributed by atoms with van der Waals surface area (Å²) >= 11 is 0. The molecule has 0 fully saturated rings. The van der Waals surface area contributed by atoms with E-state index in [-0.39, 0.29) is 11.3 Å². The molecule has 2 aromatic heterocycles. The number of anilines is 1. The molecule has 34 heavy (non-hydrogen) atoms. The zero-order valence-corrected chi connectivity index (χ0v) is 19.2. The molecule has 2 aromatic carbocycles. The Bertz CT molecular complexity index is 1290. The SMILES string of the molecule is CC(C)(C)OC(=O)c1ccc(Oc2ccccc2)cc1NC(=O)c1cncc(-n2cccc2)c1. The Morgan fingerprint density at radius 2 is 1.62 bits per heavy atom. The van der Waals surface area contributed by atoms with Crippen molar-refractivity contribution in [1.29, 1.82) is 0 Å². The zero-order chi connectivity index (χ0) is 24.1. The first-order valence-electron chi connectivity index (χ1n) is 10.8. The molecule has 0 atom stereocenters. The number of para-hydroxylation sites is 1. The van der Waals surface area contributed by atoms with Gasteiger partial charge >= 0.3 is 5.97 Å². The summed E-state index contributed by atoms with van der Waals surface area (Å²) in [6, 6.07) is 19.6. The van der Waals surface area contributed by atoms with Crippen molar-refractivity contribution in [3.8, 4) is 17.2 Å². The lowest BCUT2D eigenvalue weighted by Crippen LogP contribution is -2.25. The molecular formula is C27H25N3O4. The number of carbonyl (C=O) groups excluding carboxylic acids is 2. The quantitative estimate of drug-likeness (QED) is 0.368. The van der Waals surface area contributed by atoms with Gasteiger partial charge < -0.3 is 19.4 Å². The number of esters is 1. The number of hydrogen-bond donors (Lipinski definition) is 1. The van der Waals surface area contributed by atoms with Gasteiger partial charge in [-0.15, -0.1) is 0 Å². The van der Waals surface area contributed by atoms with E-state index in [4.69, 9.17) is 9.47 Å². The molecule has 0 aliphatic carbocycles. The number of benzene rings is 2. The number of carbonyl (C=O) groups is 2. The van der Waals surface area contributed by atoms with Crippen LogP contribution in [0.2, 0.25) is 0 Å². The number of rotatable bonds is 6. The summed E-state index contributed by atoms with van der Waals surface area (Å²) in [5.41, 5.74) is 0.895. The van der Waals surface area contributed by atoms with Gasteiger partial charge in [0.15, 0.2) is 0 Å². The van der Waals surface area contributed by atoms with Crippen molar-refractivity contribution in [3.63, 3.8) is 0 Å². The first-order chi connectivity index (χ1) is 16.3. The normalized spacial score (nSPS) is 11.0. The van der Waals surface area contributed by atoms with Crippen LogP contribution < -0.4 is 10.1 Å². The molecule has 0 bridgehead atoms. The maximum Gasteiger partial charge on any atom is 0.340 e. The van der Waals surface area contributed by atoms with Crippen molar-refractivity contribution in [2.75, 3.05) is 5.32 Å². The second-order valence-electron chi connectivity index (χ2n) is 8.60. The number of aromatic nitrogens is 2. The molecule has 2 heterocycles. The van der Waals surface area contributed by atoms with Crippen molar-refractivity contribution in [2.24, 2.45) is 0 Å². The van der Waals surface area contributed by atoms with Crippen LogP contribution in [0.3, 0.4) is 0 Å². The Morgan fingerprint density at radius 1 is 0.882 bits per heavy atom. The van der Waals surface area contributed by atoms with E-state index in [9.17, 15) is 9.59 Å². The zero-order valence-electron chi connectivity index (χ0n) is 19.2. The molecule has 0 aliphatic rings. The Hall–Kier alpha value is -4.39. The highest BCUT2D eigenvalue weighted by molar-refractivity contribution is 6.08. The van der Waals surface area contributed by atoms with Crippen LogP contribution in [0.25, 0.3) is 5.69 Å². The van der Waals surface area contributed by atoms with Crippen molar-refractivity contribution in [2.45, 2.75) is 26.4 Å². The van der Waals surface area contributed by atoms with E-state index in [0.717, 1.165) is 5.69 Å². The van der Waals surface area contributed by atoms with Crippen molar-refractivity contribution in [3.05, 3.63) is 103 Å². The van der Waals surface area contributed by atoms with Crippen LogP contribution in [0.4, 0.5) is 5.69 Å². The lowest BCUT2D eigenvalue weighted by Gasteiger charge is -2.21. The highest BCUT2D eigenvalue weighted by Gasteiger charge is 2.22. The fourth-order valence-electron chi connectivity index (χ4n) is 3.22. The molecule has 1 amide bonds. The molecule has 0 aliphatic heterocycles. The molecule has 0 unspecified atom stereocenters. The maximum absolute atomic E-state index is 13.1. The summed E-state index contributed by atoms with van der Waals surface area (Å²) in [5.74, 6) is 0.137. The second kappa shape index (κ2) is 9.62. The first-order valence-corrected chi connectivity index (χ1v) is 10.8. The lowest BCUT2D eigenvalue weighted by atomic mass is 10.1. The minimum Gasteiger partial charge on any atom is -0.457 e. The molecule has 7 nitrogen and oxygen atoms in total. The van der Waals surface area contributed by atoms with E-state index < -0.39 is 17.5 Å². The molecule has 172 valence electrons. The Labute approximate surface area is 198 Å². The number of amides is 1. The molecule has 0 spiro atoms. The number of nitrogens with zero attached hydrogens (tertiary/aromatic N) is 2. The summed E-state index contributed by atoms with van der Waals surface area (Å²) in [6.07, 6.45) is 6.87. The molecule has 4 rings (SSSR count). The van der Waals surface area contributed by atoms with E-state index >= 15 is 0 Å². The highest BCUT2D eigenvalue weighted by atomic mass is 16.6. The number of nitrogens with one attached hydrogen (secondary N) is 1. The summed E-state index contributed by atoms with van der Waals surface area (Å²) in [7, 11) is 0. The van der Waals surface area contributed by atoms with Gasteiger partial charge in [-0.1, -0.05) is 18.2 Å². The first kappa shape index (κ1) is 22.8. The van der Waals surface area contributed by atoms with Crippen LogP contribution in [0.5, 0.6) is 11.5 Å². The largest absolute Gasteiger partial charge is 0.457 e. The van der Waals surface area contributed by atoms with Crippen molar-refractivity contribution < 1.29 is 19.1 Å². The van der Waals surface area contributed by atoms with Gasteiger partial charge in [0, 0.05) is 24.7 Å². The van der Waals surface area contributed by atoms with Gasteiger partial charge in [-0.25, -0.2) is 4.79 Å². The topological polar surface area (TPSA) is 82.4 Å². The minimum atomic E-state index is -0.688. The van der Waals surface area contributed by atoms with Gasteiger partial charge in [0.1, 0.15) is 17.1 Å². The number of hydrogen-bond acceptors (Lipinski definition) is 5. The van der Waals surface area contributed by atoms with Crippen LogP contribution in [-0.4, -0.2) is 27.0 Å². The van der Waals surface area contributed by atoms with Gasteiger partial charge in [-0.05, 0) is 63.2 Å². The van der Waals surface area contributed by atoms with Crippen LogP contribution >= 0.6 is 0 Å². The third kappa shape index (κ3) is 5.69. The summed E-state index contributed by atoms with van der Waals surface area (Å²) in [4.78, 5) is 30.1. The molecule has 0 saturated heterocycles. The van der Waals surface area contributed by atoms with Crippen molar-refractivity contribution >= 4 is 17.6 Å². The number of pyridine rings is 1. The molecular weight excluding hydrogens is 430 g/mol. The predicted molar refractivity (Wildman–Crippen MR) is 130 cm³/mol. The minimum absolute atomic E-state index is 0.221. The van der Waals surface area contributed by atoms with Crippen molar-refractivity contribution in [1.82, 2.24) is 9.55 Å². The molecule has 0 saturated carbocycles. The van der Waals surface area contributed by atoms with Gasteiger partial charge in [-0.2, -0.15) is 0 Å². The molecule has 4 aromatic rings. The van der Waals surface area contributed by atoms with Crippen LogP contribution in [0.1, 0.15) is 41.5 Å². The average molecular weight is 456 g/mol. The van der Waals surface area contributed by atoms with E-state index in [2.05, 4.69) is 10.3 Å². The fraction of sp³-hybridized carbons (Fsp3) is 0.148. The standard InChI is InChI=1S/C27H25N3O4/c1-27(2,3)34-26(32)23-12-11-22(33-21-9-5-4-6-10-21)16-24(23)29-25(31)19-15-20(18-28-17-19)30-13-7-8-14-30/h4-18H,1-3H3,(H,29,31). The monoisotopic (exact) mass is 455 g/mol.